The van der Waals surface area contributed by atoms with Crippen molar-refractivity contribution in [3.8, 4) is 17.1 Å². The fourth-order valence-electron chi connectivity index (χ4n) is 2.54. The van der Waals surface area contributed by atoms with E-state index in [-0.39, 0.29) is 5.91 Å². The Morgan fingerprint density at radius 2 is 2.00 bits per heavy atom. The number of benzene rings is 2. The molecular weight excluding hydrogens is 316 g/mol. The molecule has 1 heterocycles. The molecule has 6 heteroatoms. The van der Waals surface area contributed by atoms with Gasteiger partial charge >= 0.3 is 0 Å². The zero-order valence-electron chi connectivity index (χ0n) is 14.3. The predicted molar refractivity (Wildman–Crippen MR) is 96.4 cm³/mol. The highest BCUT2D eigenvalue weighted by atomic mass is 16.5. The van der Waals surface area contributed by atoms with Crippen molar-refractivity contribution >= 4 is 11.6 Å². The lowest BCUT2D eigenvalue weighted by Crippen LogP contribution is -2.14. The Hall–Kier alpha value is -3.15. The number of anilines is 1. The summed E-state index contributed by atoms with van der Waals surface area (Å²) in [6, 6.07) is 15.1. The molecule has 0 aliphatic heterocycles. The van der Waals surface area contributed by atoms with Crippen molar-refractivity contribution in [3.63, 3.8) is 0 Å². The molecule has 0 saturated carbocycles. The molecule has 0 aliphatic carbocycles. The minimum Gasteiger partial charge on any atom is -0.494 e. The smallest absolute Gasteiger partial charge is 0.228 e. The highest BCUT2D eigenvalue weighted by molar-refractivity contribution is 5.92. The number of nitrogens with zero attached hydrogens (tertiary/aromatic N) is 3. The third-order valence-electron chi connectivity index (χ3n) is 3.71. The molecule has 3 rings (SSSR count). The van der Waals surface area contributed by atoms with E-state index in [1.54, 1.807) is 6.33 Å². The van der Waals surface area contributed by atoms with E-state index in [0.29, 0.717) is 13.0 Å². The average molecular weight is 336 g/mol. The maximum atomic E-state index is 12.3. The second-order valence-electron chi connectivity index (χ2n) is 5.65. The van der Waals surface area contributed by atoms with Gasteiger partial charge in [-0.3, -0.25) is 4.79 Å². The van der Waals surface area contributed by atoms with E-state index in [9.17, 15) is 4.79 Å². The minimum absolute atomic E-state index is 0.0701. The van der Waals surface area contributed by atoms with Crippen LogP contribution in [0.3, 0.4) is 0 Å². The summed E-state index contributed by atoms with van der Waals surface area (Å²) < 4.78 is 7.24. The van der Waals surface area contributed by atoms with E-state index in [1.165, 1.54) is 0 Å². The molecule has 0 radical (unpaired) electrons. The number of carbonyl (C=O) groups is 1. The Morgan fingerprint density at radius 1 is 1.20 bits per heavy atom. The lowest BCUT2D eigenvalue weighted by Gasteiger charge is -2.08. The summed E-state index contributed by atoms with van der Waals surface area (Å²) in [5.74, 6) is 1.49. The molecule has 6 nitrogen and oxygen atoms in total. The van der Waals surface area contributed by atoms with Gasteiger partial charge in [0.25, 0.3) is 0 Å². The fourth-order valence-corrected chi connectivity index (χ4v) is 2.54. The maximum absolute atomic E-state index is 12.3. The summed E-state index contributed by atoms with van der Waals surface area (Å²) in [5.41, 5.74) is 2.57. The van der Waals surface area contributed by atoms with Crippen LogP contribution in [-0.2, 0) is 18.3 Å². The second kappa shape index (κ2) is 7.61. The topological polar surface area (TPSA) is 69.0 Å². The van der Waals surface area contributed by atoms with Gasteiger partial charge in [0.1, 0.15) is 12.1 Å². The van der Waals surface area contributed by atoms with Gasteiger partial charge in [-0.2, -0.15) is 0 Å². The molecule has 1 aromatic heterocycles. The van der Waals surface area contributed by atoms with Crippen molar-refractivity contribution in [2.45, 2.75) is 13.3 Å². The molecule has 1 amide bonds. The molecule has 0 atom stereocenters. The summed E-state index contributed by atoms with van der Waals surface area (Å²) in [7, 11) is 1.88. The molecule has 1 N–H and O–H groups in total. The molecule has 0 fully saturated rings. The first-order valence-corrected chi connectivity index (χ1v) is 8.11. The summed E-state index contributed by atoms with van der Waals surface area (Å²) in [6.45, 7) is 2.57. The van der Waals surface area contributed by atoms with E-state index in [4.69, 9.17) is 4.74 Å². The van der Waals surface area contributed by atoms with Crippen LogP contribution in [0.2, 0.25) is 0 Å². The van der Waals surface area contributed by atoms with Gasteiger partial charge < -0.3 is 14.6 Å². The van der Waals surface area contributed by atoms with E-state index >= 15 is 0 Å². The Labute approximate surface area is 146 Å². The quantitative estimate of drug-likeness (QED) is 0.751. The Kier molecular flexibility index (Phi) is 5.09. The van der Waals surface area contributed by atoms with Crippen LogP contribution in [0.25, 0.3) is 11.4 Å². The number of aromatic nitrogens is 3. The summed E-state index contributed by atoms with van der Waals surface area (Å²) in [4.78, 5) is 12.3. The van der Waals surface area contributed by atoms with Gasteiger partial charge in [-0.05, 0) is 36.8 Å². The molecule has 2 aromatic carbocycles. The molecule has 0 aliphatic rings. The highest BCUT2D eigenvalue weighted by Gasteiger charge is 2.08. The minimum atomic E-state index is -0.0701. The van der Waals surface area contributed by atoms with Crippen molar-refractivity contribution in [2.24, 2.45) is 7.05 Å². The summed E-state index contributed by atoms with van der Waals surface area (Å²) in [5, 5.41) is 10.9. The van der Waals surface area contributed by atoms with Gasteiger partial charge in [0, 0.05) is 18.3 Å². The van der Waals surface area contributed by atoms with E-state index < -0.39 is 0 Å². The van der Waals surface area contributed by atoms with Gasteiger partial charge in [-0.15, -0.1) is 10.2 Å². The number of amides is 1. The van der Waals surface area contributed by atoms with Crippen LogP contribution in [0.5, 0.6) is 5.75 Å². The number of rotatable bonds is 6. The number of carbonyl (C=O) groups excluding carboxylic acids is 1. The zero-order valence-corrected chi connectivity index (χ0v) is 14.3. The van der Waals surface area contributed by atoms with Crippen LogP contribution in [0, 0.1) is 0 Å². The molecule has 0 saturated heterocycles. The van der Waals surface area contributed by atoms with Crippen molar-refractivity contribution in [3.05, 3.63) is 60.4 Å². The number of hydrogen-bond acceptors (Lipinski definition) is 4. The molecule has 0 spiro atoms. The van der Waals surface area contributed by atoms with Gasteiger partial charge in [-0.1, -0.05) is 24.3 Å². The van der Waals surface area contributed by atoms with E-state index in [2.05, 4.69) is 15.5 Å². The molecule has 128 valence electrons. The Bertz CT molecular complexity index is 856. The SMILES string of the molecule is CCOc1ccc(CC(=O)Nc2cccc(-c3nncn3C)c2)cc1. The summed E-state index contributed by atoms with van der Waals surface area (Å²) in [6.07, 6.45) is 1.95. The Balaban J connectivity index is 1.66. The normalized spacial score (nSPS) is 10.5. The van der Waals surface area contributed by atoms with Gasteiger partial charge in [0.15, 0.2) is 5.82 Å². The van der Waals surface area contributed by atoms with Gasteiger partial charge in [0.2, 0.25) is 5.91 Å². The second-order valence-corrected chi connectivity index (χ2v) is 5.65. The zero-order chi connectivity index (χ0) is 17.6. The van der Waals surface area contributed by atoms with Gasteiger partial charge in [0.05, 0.1) is 13.0 Å². The maximum Gasteiger partial charge on any atom is 0.228 e. The van der Waals surface area contributed by atoms with Crippen LogP contribution < -0.4 is 10.1 Å². The third kappa shape index (κ3) is 4.23. The van der Waals surface area contributed by atoms with Crippen molar-refractivity contribution in [2.75, 3.05) is 11.9 Å². The van der Waals surface area contributed by atoms with Crippen molar-refractivity contribution in [1.82, 2.24) is 14.8 Å². The molecule has 0 bridgehead atoms. The Morgan fingerprint density at radius 3 is 2.68 bits per heavy atom. The van der Waals surface area contributed by atoms with Gasteiger partial charge in [-0.25, -0.2) is 0 Å². The van der Waals surface area contributed by atoms with Crippen LogP contribution in [0.4, 0.5) is 5.69 Å². The molecule has 3 aromatic rings. The first-order chi connectivity index (χ1) is 12.2. The van der Waals surface area contributed by atoms with Crippen LogP contribution in [0.15, 0.2) is 54.9 Å². The van der Waals surface area contributed by atoms with Crippen molar-refractivity contribution < 1.29 is 9.53 Å². The third-order valence-corrected chi connectivity index (χ3v) is 3.71. The first kappa shape index (κ1) is 16.7. The van der Waals surface area contributed by atoms with E-state index in [0.717, 1.165) is 28.4 Å². The standard InChI is InChI=1S/C19H20N4O2/c1-3-25-17-9-7-14(8-10-17)11-18(24)21-16-6-4-5-15(12-16)19-22-20-13-23(19)2/h4-10,12-13H,3,11H2,1-2H3,(H,21,24). The molecule has 0 unspecified atom stereocenters. The summed E-state index contributed by atoms with van der Waals surface area (Å²) >= 11 is 0. The molecule has 25 heavy (non-hydrogen) atoms. The van der Waals surface area contributed by atoms with E-state index in [1.807, 2.05) is 67.1 Å². The number of aryl methyl sites for hydroxylation is 1. The number of hydrogen-bond donors (Lipinski definition) is 1. The monoisotopic (exact) mass is 336 g/mol. The highest BCUT2D eigenvalue weighted by Crippen LogP contribution is 2.20. The van der Waals surface area contributed by atoms with Crippen LogP contribution >= 0.6 is 0 Å². The fraction of sp³-hybridized carbons (Fsp3) is 0.211. The lowest BCUT2D eigenvalue weighted by molar-refractivity contribution is -0.115. The molecular formula is C19H20N4O2. The van der Waals surface area contributed by atoms with Crippen LogP contribution in [-0.4, -0.2) is 27.3 Å². The average Bonchev–Trinajstić information content (AvgIpc) is 3.03. The largest absolute Gasteiger partial charge is 0.494 e. The van der Waals surface area contributed by atoms with Crippen molar-refractivity contribution in [1.29, 1.82) is 0 Å². The number of ether oxygens (including phenoxy) is 1. The first-order valence-electron chi connectivity index (χ1n) is 8.11. The lowest BCUT2D eigenvalue weighted by atomic mass is 10.1. The number of nitrogens with one attached hydrogen (secondary N) is 1. The van der Waals surface area contributed by atoms with Crippen LogP contribution in [0.1, 0.15) is 12.5 Å². The predicted octanol–water partition coefficient (Wildman–Crippen LogP) is 3.06.